The maximum absolute atomic E-state index is 13.1. The molecular weight excluding hydrogens is 336 g/mol. The van der Waals surface area contributed by atoms with Crippen molar-refractivity contribution in [3.8, 4) is 0 Å². The first-order valence-electron chi connectivity index (χ1n) is 9.27. The van der Waals surface area contributed by atoms with Gasteiger partial charge in [-0.2, -0.15) is 0 Å². The second-order valence-corrected chi connectivity index (χ2v) is 7.25. The van der Waals surface area contributed by atoms with Crippen molar-refractivity contribution in [2.45, 2.75) is 39.7 Å². The van der Waals surface area contributed by atoms with Crippen LogP contribution in [0.5, 0.6) is 0 Å². The summed E-state index contributed by atoms with van der Waals surface area (Å²) in [5, 5.41) is 4.16. The molecule has 0 radical (unpaired) electrons. The Morgan fingerprint density at radius 2 is 1.78 bits per heavy atom. The van der Waals surface area contributed by atoms with E-state index in [1.54, 1.807) is 0 Å². The highest BCUT2D eigenvalue weighted by atomic mass is 16.2. The maximum atomic E-state index is 13.1. The molecule has 4 heteroatoms. The second-order valence-electron chi connectivity index (χ2n) is 7.25. The molecule has 0 bridgehead atoms. The normalized spacial score (nSPS) is 12.1. The molecule has 0 spiro atoms. The SMILES string of the molecule is Cc1cc2c(C)c(C(=O)NC(CC=O)Cc3ccccc3)n(C)c2cc1C. The highest BCUT2D eigenvalue weighted by Gasteiger charge is 2.21. The lowest BCUT2D eigenvalue weighted by Crippen LogP contribution is -2.38. The first kappa shape index (κ1) is 18.9. The Hall–Kier alpha value is -2.88. The Labute approximate surface area is 160 Å². The number of aryl methyl sites for hydroxylation is 4. The minimum atomic E-state index is -0.224. The van der Waals surface area contributed by atoms with Crippen LogP contribution >= 0.6 is 0 Å². The zero-order chi connectivity index (χ0) is 19.6. The van der Waals surface area contributed by atoms with Crippen LogP contribution in [0.1, 0.15) is 39.2 Å². The largest absolute Gasteiger partial charge is 0.347 e. The van der Waals surface area contributed by atoms with Crippen LogP contribution < -0.4 is 5.32 Å². The predicted molar refractivity (Wildman–Crippen MR) is 109 cm³/mol. The Balaban J connectivity index is 1.91. The number of aldehydes is 1. The van der Waals surface area contributed by atoms with E-state index in [2.05, 4.69) is 31.3 Å². The quantitative estimate of drug-likeness (QED) is 0.673. The van der Waals surface area contributed by atoms with Crippen molar-refractivity contribution >= 4 is 23.1 Å². The smallest absolute Gasteiger partial charge is 0.268 e. The van der Waals surface area contributed by atoms with Crippen LogP contribution in [0.25, 0.3) is 10.9 Å². The van der Waals surface area contributed by atoms with Crippen LogP contribution in [-0.4, -0.2) is 22.8 Å². The minimum absolute atomic E-state index is 0.135. The molecule has 0 aliphatic carbocycles. The third-order valence-electron chi connectivity index (χ3n) is 5.32. The fourth-order valence-corrected chi connectivity index (χ4v) is 3.66. The van der Waals surface area contributed by atoms with Gasteiger partial charge in [-0.3, -0.25) is 4.79 Å². The molecule has 2 aromatic carbocycles. The number of benzene rings is 2. The summed E-state index contributed by atoms with van der Waals surface area (Å²) in [7, 11) is 1.92. The van der Waals surface area contributed by atoms with Crippen LogP contribution in [0.3, 0.4) is 0 Å². The van der Waals surface area contributed by atoms with Gasteiger partial charge in [-0.1, -0.05) is 30.3 Å². The molecule has 0 saturated carbocycles. The minimum Gasteiger partial charge on any atom is -0.347 e. The standard InChI is InChI=1S/C23H26N2O2/c1-15-12-20-17(3)22(25(4)21(20)13-16(15)2)23(27)24-19(10-11-26)14-18-8-6-5-7-9-18/h5-9,11-13,19H,10,14H2,1-4H3,(H,24,27). The lowest BCUT2D eigenvalue weighted by Gasteiger charge is -2.17. The summed E-state index contributed by atoms with van der Waals surface area (Å²) in [5.74, 6) is -0.135. The van der Waals surface area contributed by atoms with E-state index >= 15 is 0 Å². The molecule has 27 heavy (non-hydrogen) atoms. The van der Waals surface area contributed by atoms with Gasteiger partial charge in [0.05, 0.1) is 0 Å². The monoisotopic (exact) mass is 362 g/mol. The summed E-state index contributed by atoms with van der Waals surface area (Å²) >= 11 is 0. The van der Waals surface area contributed by atoms with Crippen molar-refractivity contribution in [3.05, 3.63) is 70.4 Å². The predicted octanol–water partition coefficient (Wildman–Crippen LogP) is 4.03. The molecule has 0 aliphatic heterocycles. The van der Waals surface area contributed by atoms with Crippen LogP contribution in [-0.2, 0) is 18.3 Å². The number of rotatable bonds is 6. The van der Waals surface area contributed by atoms with E-state index in [-0.39, 0.29) is 11.9 Å². The number of amides is 1. The average molecular weight is 362 g/mol. The van der Waals surface area contributed by atoms with Gasteiger partial charge in [-0.05, 0) is 61.6 Å². The Morgan fingerprint density at radius 3 is 2.44 bits per heavy atom. The summed E-state index contributed by atoms with van der Waals surface area (Å²) in [4.78, 5) is 24.2. The number of carbonyl (C=O) groups is 2. The van der Waals surface area contributed by atoms with Gasteiger partial charge in [0.2, 0.25) is 0 Å². The molecule has 1 atom stereocenters. The van der Waals surface area contributed by atoms with Gasteiger partial charge >= 0.3 is 0 Å². The molecule has 4 nitrogen and oxygen atoms in total. The third-order valence-corrected chi connectivity index (χ3v) is 5.32. The van der Waals surface area contributed by atoms with E-state index in [9.17, 15) is 9.59 Å². The topological polar surface area (TPSA) is 51.1 Å². The summed E-state index contributed by atoms with van der Waals surface area (Å²) in [6.45, 7) is 6.15. The summed E-state index contributed by atoms with van der Waals surface area (Å²) in [5.41, 5.74) is 6.20. The fraction of sp³-hybridized carbons (Fsp3) is 0.304. The first-order chi connectivity index (χ1) is 12.9. The molecular formula is C23H26N2O2. The number of hydrogen-bond donors (Lipinski definition) is 1. The second kappa shape index (κ2) is 7.78. The molecule has 0 saturated heterocycles. The summed E-state index contributed by atoms with van der Waals surface area (Å²) in [6, 6.07) is 14.0. The molecule has 1 amide bonds. The number of nitrogens with zero attached hydrogens (tertiary/aromatic N) is 1. The number of fused-ring (bicyclic) bond motifs is 1. The van der Waals surface area contributed by atoms with Crippen molar-refractivity contribution in [1.29, 1.82) is 0 Å². The molecule has 3 aromatic rings. The Morgan fingerprint density at radius 1 is 1.11 bits per heavy atom. The molecule has 3 rings (SSSR count). The molecule has 1 N–H and O–H groups in total. The molecule has 0 aliphatic rings. The number of aromatic nitrogens is 1. The molecule has 140 valence electrons. The van der Waals surface area contributed by atoms with Crippen molar-refractivity contribution in [3.63, 3.8) is 0 Å². The van der Waals surface area contributed by atoms with Crippen molar-refractivity contribution < 1.29 is 9.59 Å². The van der Waals surface area contributed by atoms with Crippen LogP contribution in [0, 0.1) is 20.8 Å². The fourth-order valence-electron chi connectivity index (χ4n) is 3.66. The van der Waals surface area contributed by atoms with Gasteiger partial charge in [0.15, 0.2) is 0 Å². The van der Waals surface area contributed by atoms with E-state index < -0.39 is 0 Å². The molecule has 0 fully saturated rings. The zero-order valence-corrected chi connectivity index (χ0v) is 16.4. The van der Waals surface area contributed by atoms with Crippen molar-refractivity contribution in [2.75, 3.05) is 0 Å². The van der Waals surface area contributed by atoms with E-state index in [1.807, 2.05) is 48.9 Å². The highest BCUT2D eigenvalue weighted by Crippen LogP contribution is 2.27. The third kappa shape index (κ3) is 3.80. The van der Waals surface area contributed by atoms with E-state index in [1.165, 1.54) is 11.1 Å². The van der Waals surface area contributed by atoms with E-state index in [0.717, 1.165) is 28.3 Å². The van der Waals surface area contributed by atoms with Gasteiger partial charge in [0, 0.05) is 30.4 Å². The van der Waals surface area contributed by atoms with Gasteiger partial charge < -0.3 is 14.7 Å². The highest BCUT2D eigenvalue weighted by molar-refractivity contribution is 6.02. The van der Waals surface area contributed by atoms with E-state index in [4.69, 9.17) is 0 Å². The van der Waals surface area contributed by atoms with Gasteiger partial charge in [0.1, 0.15) is 12.0 Å². The van der Waals surface area contributed by atoms with Crippen LogP contribution in [0.4, 0.5) is 0 Å². The summed E-state index contributed by atoms with van der Waals surface area (Å²) < 4.78 is 1.95. The molecule has 1 aromatic heterocycles. The molecule has 1 unspecified atom stereocenters. The van der Waals surface area contributed by atoms with Crippen molar-refractivity contribution in [1.82, 2.24) is 9.88 Å². The van der Waals surface area contributed by atoms with Gasteiger partial charge in [-0.15, -0.1) is 0 Å². The lowest BCUT2D eigenvalue weighted by molar-refractivity contribution is -0.108. The lowest BCUT2D eigenvalue weighted by atomic mass is 10.0. The van der Waals surface area contributed by atoms with Crippen LogP contribution in [0.2, 0.25) is 0 Å². The molecule has 1 heterocycles. The van der Waals surface area contributed by atoms with E-state index in [0.29, 0.717) is 18.5 Å². The number of nitrogens with one attached hydrogen (secondary N) is 1. The maximum Gasteiger partial charge on any atom is 0.268 e. The average Bonchev–Trinajstić information content (AvgIpc) is 2.87. The van der Waals surface area contributed by atoms with Crippen LogP contribution in [0.15, 0.2) is 42.5 Å². The Bertz CT molecular complexity index is 942. The first-order valence-corrected chi connectivity index (χ1v) is 9.27. The van der Waals surface area contributed by atoms with Gasteiger partial charge in [0.25, 0.3) is 5.91 Å². The zero-order valence-electron chi connectivity index (χ0n) is 16.4. The summed E-state index contributed by atoms with van der Waals surface area (Å²) in [6.07, 6.45) is 1.79. The van der Waals surface area contributed by atoms with Gasteiger partial charge in [-0.25, -0.2) is 0 Å². The Kier molecular flexibility index (Phi) is 5.45. The van der Waals surface area contributed by atoms with Crippen molar-refractivity contribution in [2.24, 2.45) is 7.05 Å². The number of hydrogen-bond acceptors (Lipinski definition) is 2. The number of carbonyl (C=O) groups excluding carboxylic acids is 2.